The first-order valence-corrected chi connectivity index (χ1v) is 6.86. The average molecular weight is 264 g/mol. The van der Waals surface area contributed by atoms with Crippen LogP contribution in [-0.2, 0) is 13.1 Å². The molecule has 0 radical (unpaired) electrons. The summed E-state index contributed by atoms with van der Waals surface area (Å²) in [5, 5.41) is 2.10. The van der Waals surface area contributed by atoms with Crippen LogP contribution in [0.1, 0.15) is 12.1 Å². The van der Waals surface area contributed by atoms with Crippen molar-refractivity contribution in [2.75, 3.05) is 19.6 Å². The second-order valence-electron chi connectivity index (χ2n) is 4.88. The molecule has 3 nitrogen and oxygen atoms in total. The monoisotopic (exact) mass is 263 g/mol. The van der Waals surface area contributed by atoms with Crippen molar-refractivity contribution >= 4 is 22.5 Å². The third kappa shape index (κ3) is 2.03. The predicted octanol–water partition coefficient (Wildman–Crippen LogP) is 2.46. The Morgan fingerprint density at radius 3 is 3.00 bits per heavy atom. The lowest BCUT2D eigenvalue weighted by Crippen LogP contribution is -2.34. The topological polar surface area (TPSA) is 34.2 Å². The van der Waals surface area contributed by atoms with Crippen molar-refractivity contribution in [1.29, 1.82) is 0 Å². The number of halogens is 1. The molecular weight excluding hydrogens is 246 g/mol. The van der Waals surface area contributed by atoms with E-state index in [1.54, 1.807) is 0 Å². The largest absolute Gasteiger partial charge is 0.341 e. The maximum absolute atomic E-state index is 6.30. The van der Waals surface area contributed by atoms with Crippen LogP contribution in [0.3, 0.4) is 0 Å². The third-order valence-electron chi connectivity index (χ3n) is 3.66. The van der Waals surface area contributed by atoms with Crippen LogP contribution in [0.15, 0.2) is 24.3 Å². The Bertz CT molecular complexity index is 561. The highest BCUT2D eigenvalue weighted by atomic mass is 35.5. The maximum atomic E-state index is 6.30. The van der Waals surface area contributed by atoms with Gasteiger partial charge in [0, 0.05) is 30.7 Å². The van der Waals surface area contributed by atoms with Gasteiger partial charge in [-0.2, -0.15) is 0 Å². The van der Waals surface area contributed by atoms with E-state index in [9.17, 15) is 0 Å². The van der Waals surface area contributed by atoms with Crippen LogP contribution >= 0.6 is 11.6 Å². The fraction of sp³-hybridized carbons (Fsp3) is 0.429. The van der Waals surface area contributed by atoms with Gasteiger partial charge in [0.25, 0.3) is 0 Å². The van der Waals surface area contributed by atoms with Crippen molar-refractivity contribution in [3.05, 3.63) is 35.0 Å². The molecule has 1 aromatic heterocycles. The van der Waals surface area contributed by atoms with Crippen LogP contribution < -0.4 is 5.73 Å². The molecule has 3 rings (SSSR count). The summed E-state index contributed by atoms with van der Waals surface area (Å²) in [5.41, 5.74) is 8.12. The maximum Gasteiger partial charge on any atom is 0.0672 e. The standard InChI is InChI=1S/C14H18ClN3/c15-13-4-1-3-11-9-12-10-17(6-2-5-16)7-8-18(12)14(11)13/h1,3-4,9H,2,5-8,10,16H2. The van der Waals surface area contributed by atoms with Crippen molar-refractivity contribution in [2.24, 2.45) is 5.73 Å². The number of nitrogens with two attached hydrogens (primary N) is 1. The third-order valence-corrected chi connectivity index (χ3v) is 3.97. The van der Waals surface area contributed by atoms with Crippen molar-refractivity contribution in [1.82, 2.24) is 9.47 Å². The summed E-state index contributed by atoms with van der Waals surface area (Å²) in [6.07, 6.45) is 1.07. The van der Waals surface area contributed by atoms with E-state index in [0.29, 0.717) is 0 Å². The quantitative estimate of drug-likeness (QED) is 0.923. The molecule has 4 heteroatoms. The minimum atomic E-state index is 0.769. The molecule has 0 unspecified atom stereocenters. The minimum Gasteiger partial charge on any atom is -0.341 e. The van der Waals surface area contributed by atoms with Gasteiger partial charge in [0.05, 0.1) is 10.5 Å². The molecule has 0 saturated carbocycles. The summed E-state index contributed by atoms with van der Waals surface area (Å²) in [5.74, 6) is 0. The molecule has 0 aliphatic carbocycles. The van der Waals surface area contributed by atoms with Crippen LogP contribution in [0.25, 0.3) is 10.9 Å². The zero-order valence-electron chi connectivity index (χ0n) is 10.4. The molecule has 0 spiro atoms. The summed E-state index contributed by atoms with van der Waals surface area (Å²) in [7, 11) is 0. The van der Waals surface area contributed by atoms with Gasteiger partial charge in [0.15, 0.2) is 0 Å². The van der Waals surface area contributed by atoms with Gasteiger partial charge in [-0.05, 0) is 31.6 Å². The summed E-state index contributed by atoms with van der Waals surface area (Å²) < 4.78 is 2.36. The number of benzene rings is 1. The van der Waals surface area contributed by atoms with Gasteiger partial charge in [-0.25, -0.2) is 0 Å². The van der Waals surface area contributed by atoms with E-state index in [-0.39, 0.29) is 0 Å². The molecule has 0 saturated heterocycles. The van der Waals surface area contributed by atoms with E-state index in [1.807, 2.05) is 12.1 Å². The number of fused-ring (bicyclic) bond motifs is 3. The Labute approximate surface area is 112 Å². The molecule has 96 valence electrons. The first kappa shape index (κ1) is 12.0. The fourth-order valence-corrected chi connectivity index (χ4v) is 3.06. The number of aromatic nitrogens is 1. The van der Waals surface area contributed by atoms with Crippen LogP contribution in [0, 0.1) is 0 Å². The minimum absolute atomic E-state index is 0.769. The normalized spacial score (nSPS) is 16.1. The van der Waals surface area contributed by atoms with E-state index < -0.39 is 0 Å². The SMILES string of the molecule is NCCCN1CCn2c(cc3cccc(Cl)c32)C1. The first-order valence-electron chi connectivity index (χ1n) is 6.48. The highest BCUT2D eigenvalue weighted by Gasteiger charge is 2.19. The molecule has 2 N–H and O–H groups in total. The highest BCUT2D eigenvalue weighted by molar-refractivity contribution is 6.35. The van der Waals surface area contributed by atoms with Gasteiger partial charge >= 0.3 is 0 Å². The van der Waals surface area contributed by atoms with E-state index in [2.05, 4.69) is 21.6 Å². The second kappa shape index (κ2) is 4.92. The summed E-state index contributed by atoms with van der Waals surface area (Å²) in [4.78, 5) is 2.47. The van der Waals surface area contributed by atoms with Crippen molar-refractivity contribution in [3.63, 3.8) is 0 Å². The van der Waals surface area contributed by atoms with Crippen LogP contribution in [0.4, 0.5) is 0 Å². The Hall–Kier alpha value is -1.03. The number of hydrogen-bond donors (Lipinski definition) is 1. The molecule has 0 fully saturated rings. The van der Waals surface area contributed by atoms with Gasteiger partial charge in [-0.15, -0.1) is 0 Å². The lowest BCUT2D eigenvalue weighted by atomic mass is 10.2. The molecule has 1 aromatic carbocycles. The van der Waals surface area contributed by atoms with Crippen molar-refractivity contribution in [2.45, 2.75) is 19.5 Å². The van der Waals surface area contributed by atoms with Gasteiger partial charge < -0.3 is 10.3 Å². The van der Waals surface area contributed by atoms with Crippen LogP contribution in [-0.4, -0.2) is 29.1 Å². The van der Waals surface area contributed by atoms with Crippen molar-refractivity contribution in [3.8, 4) is 0 Å². The van der Waals surface area contributed by atoms with Gasteiger partial charge in [-0.3, -0.25) is 4.90 Å². The molecule has 2 heterocycles. The smallest absolute Gasteiger partial charge is 0.0672 e. The van der Waals surface area contributed by atoms with Crippen LogP contribution in [0.2, 0.25) is 5.02 Å². The van der Waals surface area contributed by atoms with E-state index in [0.717, 1.165) is 44.2 Å². The molecule has 18 heavy (non-hydrogen) atoms. The highest BCUT2D eigenvalue weighted by Crippen LogP contribution is 2.29. The number of rotatable bonds is 3. The molecule has 0 amide bonds. The summed E-state index contributed by atoms with van der Waals surface area (Å²) >= 11 is 6.30. The molecular formula is C14H18ClN3. The molecule has 1 aliphatic rings. The molecule has 0 atom stereocenters. The van der Waals surface area contributed by atoms with E-state index >= 15 is 0 Å². The number of nitrogens with zero attached hydrogens (tertiary/aromatic N) is 2. The molecule has 2 aromatic rings. The molecule has 1 aliphatic heterocycles. The molecule has 0 bridgehead atoms. The Balaban J connectivity index is 1.93. The Morgan fingerprint density at radius 1 is 1.28 bits per heavy atom. The fourth-order valence-electron chi connectivity index (χ4n) is 2.78. The summed E-state index contributed by atoms with van der Waals surface area (Å²) in [6.45, 7) is 4.97. The average Bonchev–Trinajstić information content (AvgIpc) is 2.75. The van der Waals surface area contributed by atoms with Gasteiger partial charge in [0.1, 0.15) is 0 Å². The van der Waals surface area contributed by atoms with E-state index in [1.165, 1.54) is 16.6 Å². The lowest BCUT2D eigenvalue weighted by Gasteiger charge is -2.28. The van der Waals surface area contributed by atoms with Gasteiger partial charge in [0.2, 0.25) is 0 Å². The van der Waals surface area contributed by atoms with E-state index in [4.69, 9.17) is 17.3 Å². The van der Waals surface area contributed by atoms with Crippen LogP contribution in [0.5, 0.6) is 0 Å². The number of para-hydroxylation sites is 1. The Morgan fingerprint density at radius 2 is 2.17 bits per heavy atom. The lowest BCUT2D eigenvalue weighted by molar-refractivity contribution is 0.222. The van der Waals surface area contributed by atoms with Crippen molar-refractivity contribution < 1.29 is 0 Å². The van der Waals surface area contributed by atoms with Gasteiger partial charge in [-0.1, -0.05) is 23.7 Å². The second-order valence-corrected chi connectivity index (χ2v) is 5.29. The zero-order chi connectivity index (χ0) is 12.5. The first-order chi connectivity index (χ1) is 8.79. The number of hydrogen-bond acceptors (Lipinski definition) is 2. The summed E-state index contributed by atoms with van der Waals surface area (Å²) in [6, 6.07) is 8.38. The zero-order valence-corrected chi connectivity index (χ0v) is 11.2. The predicted molar refractivity (Wildman–Crippen MR) is 75.9 cm³/mol. The Kier molecular flexibility index (Phi) is 3.29.